The van der Waals surface area contributed by atoms with Crippen LogP contribution >= 0.6 is 0 Å². The molecule has 122 valence electrons. The number of amides is 3. The van der Waals surface area contributed by atoms with Crippen LogP contribution in [0.25, 0.3) is 0 Å². The zero-order valence-corrected chi connectivity index (χ0v) is 12.8. The first-order valence-electron chi connectivity index (χ1n) is 7.19. The highest BCUT2D eigenvalue weighted by atomic mass is 19.1. The Hall–Kier alpha value is -2.70. The Morgan fingerprint density at radius 1 is 1.43 bits per heavy atom. The van der Waals surface area contributed by atoms with Gasteiger partial charge in [-0.2, -0.15) is 0 Å². The fourth-order valence-corrected chi connectivity index (χ4v) is 2.41. The first-order valence-corrected chi connectivity index (χ1v) is 7.19. The van der Waals surface area contributed by atoms with E-state index in [9.17, 15) is 18.8 Å². The number of rotatable bonds is 5. The number of benzene rings is 1. The zero-order valence-electron chi connectivity index (χ0n) is 12.8. The van der Waals surface area contributed by atoms with E-state index < -0.39 is 11.7 Å². The van der Waals surface area contributed by atoms with Gasteiger partial charge in [0.2, 0.25) is 17.7 Å². The molecule has 1 heterocycles. The van der Waals surface area contributed by atoms with Gasteiger partial charge in [-0.3, -0.25) is 14.4 Å². The van der Waals surface area contributed by atoms with Crippen molar-refractivity contribution in [2.24, 2.45) is 0 Å². The van der Waals surface area contributed by atoms with Crippen LogP contribution in [-0.4, -0.2) is 35.7 Å². The lowest BCUT2D eigenvalue weighted by molar-refractivity contribution is -0.128. The molecule has 2 N–H and O–H groups in total. The zero-order chi connectivity index (χ0) is 17.0. The molecule has 1 atom stereocenters. The van der Waals surface area contributed by atoms with Gasteiger partial charge >= 0.3 is 0 Å². The van der Waals surface area contributed by atoms with E-state index in [0.717, 1.165) is 12.1 Å². The molecule has 1 aromatic rings. The fraction of sp³-hybridized carbons (Fsp3) is 0.312. The van der Waals surface area contributed by atoms with Gasteiger partial charge in [0.05, 0.1) is 5.69 Å². The Balaban J connectivity index is 2.00. The summed E-state index contributed by atoms with van der Waals surface area (Å²) in [7, 11) is 1.67. The van der Waals surface area contributed by atoms with E-state index in [0.29, 0.717) is 18.5 Å². The summed E-state index contributed by atoms with van der Waals surface area (Å²) in [5.74, 6) is -1.40. The molecule has 0 aliphatic carbocycles. The van der Waals surface area contributed by atoms with Crippen molar-refractivity contribution in [1.82, 2.24) is 4.90 Å². The molecule has 1 aliphatic rings. The predicted molar refractivity (Wildman–Crippen MR) is 84.3 cm³/mol. The largest absolute Gasteiger partial charge is 0.342 e. The number of nitrogens with one attached hydrogen (secondary N) is 2. The number of carbonyl (C=O) groups is 3. The van der Waals surface area contributed by atoms with Crippen molar-refractivity contribution in [1.29, 1.82) is 0 Å². The second kappa shape index (κ2) is 7.04. The summed E-state index contributed by atoms with van der Waals surface area (Å²) < 4.78 is 13.6. The quantitative estimate of drug-likeness (QED) is 0.814. The molecule has 1 unspecified atom stereocenters. The smallest absolute Gasteiger partial charge is 0.247 e. The number of carbonyl (C=O) groups excluding carboxylic acids is 3. The van der Waals surface area contributed by atoms with Crippen LogP contribution in [0.1, 0.15) is 19.3 Å². The molecule has 1 aromatic carbocycles. The third-order valence-electron chi connectivity index (χ3n) is 3.75. The highest BCUT2D eigenvalue weighted by Gasteiger charge is 2.29. The molecule has 1 aliphatic heterocycles. The molecule has 0 bridgehead atoms. The summed E-state index contributed by atoms with van der Waals surface area (Å²) in [4.78, 5) is 36.3. The molecule has 6 nitrogen and oxygen atoms in total. The average Bonchev–Trinajstić information content (AvgIpc) is 2.82. The molecule has 0 saturated carbocycles. The molecule has 1 fully saturated rings. The van der Waals surface area contributed by atoms with Gasteiger partial charge in [-0.1, -0.05) is 6.58 Å². The number of likely N-dealkylation sites (tertiary alicyclic amines) is 1. The first-order chi connectivity index (χ1) is 10.9. The minimum Gasteiger partial charge on any atom is -0.342 e. The monoisotopic (exact) mass is 319 g/mol. The summed E-state index contributed by atoms with van der Waals surface area (Å²) >= 11 is 0. The van der Waals surface area contributed by atoms with Gasteiger partial charge in [0, 0.05) is 31.6 Å². The van der Waals surface area contributed by atoms with Gasteiger partial charge in [0.1, 0.15) is 5.82 Å². The highest BCUT2D eigenvalue weighted by Crippen LogP contribution is 2.22. The van der Waals surface area contributed by atoms with Crippen LogP contribution in [0.2, 0.25) is 0 Å². The predicted octanol–water partition coefficient (Wildman–Crippen LogP) is 1.90. The Labute approximate surface area is 133 Å². The minimum absolute atomic E-state index is 0.0269. The van der Waals surface area contributed by atoms with Crippen LogP contribution in [0, 0.1) is 5.82 Å². The lowest BCUT2D eigenvalue weighted by atomic mass is 10.1. The van der Waals surface area contributed by atoms with E-state index in [2.05, 4.69) is 17.2 Å². The number of halogens is 1. The lowest BCUT2D eigenvalue weighted by Gasteiger charge is -2.19. The van der Waals surface area contributed by atoms with Gasteiger partial charge in [0.15, 0.2) is 0 Å². The van der Waals surface area contributed by atoms with Gasteiger partial charge < -0.3 is 15.5 Å². The van der Waals surface area contributed by atoms with Crippen molar-refractivity contribution in [2.45, 2.75) is 25.3 Å². The van der Waals surface area contributed by atoms with E-state index in [4.69, 9.17) is 0 Å². The second-order valence-electron chi connectivity index (χ2n) is 5.34. The topological polar surface area (TPSA) is 78.5 Å². The van der Waals surface area contributed by atoms with Crippen molar-refractivity contribution in [3.8, 4) is 0 Å². The molecule has 1 saturated heterocycles. The molecule has 3 amide bonds. The SMILES string of the molecule is C=CC(=O)Nc1cc(NC(=O)CC2CCC(=O)N2C)ccc1F. The maximum Gasteiger partial charge on any atom is 0.247 e. The summed E-state index contributed by atoms with van der Waals surface area (Å²) in [6.45, 7) is 3.29. The van der Waals surface area contributed by atoms with E-state index in [-0.39, 0.29) is 30.0 Å². The fourth-order valence-electron chi connectivity index (χ4n) is 2.41. The molecule has 0 radical (unpaired) electrons. The maximum absolute atomic E-state index is 13.6. The van der Waals surface area contributed by atoms with Crippen LogP contribution in [0.4, 0.5) is 15.8 Å². The average molecular weight is 319 g/mol. The van der Waals surface area contributed by atoms with Crippen LogP contribution in [-0.2, 0) is 14.4 Å². The molecule has 7 heteroatoms. The van der Waals surface area contributed by atoms with Gasteiger partial charge in [-0.25, -0.2) is 4.39 Å². The summed E-state index contributed by atoms with van der Waals surface area (Å²) in [5.41, 5.74) is 0.323. The van der Waals surface area contributed by atoms with Crippen molar-refractivity contribution < 1.29 is 18.8 Å². The standard InChI is InChI=1S/C16H18FN3O3/c1-3-14(21)19-13-8-10(4-6-12(13)17)18-15(22)9-11-5-7-16(23)20(11)2/h3-4,6,8,11H,1,5,7,9H2,2H3,(H,18,22)(H,19,21). The van der Waals surface area contributed by atoms with E-state index in [1.807, 2.05) is 0 Å². The molecule has 0 aromatic heterocycles. The van der Waals surface area contributed by atoms with Crippen LogP contribution in [0.15, 0.2) is 30.9 Å². The highest BCUT2D eigenvalue weighted by molar-refractivity contribution is 6.00. The molecular weight excluding hydrogens is 301 g/mol. The second-order valence-corrected chi connectivity index (χ2v) is 5.34. The van der Waals surface area contributed by atoms with Crippen LogP contribution in [0.5, 0.6) is 0 Å². The number of hydrogen-bond donors (Lipinski definition) is 2. The minimum atomic E-state index is -0.612. The summed E-state index contributed by atoms with van der Waals surface area (Å²) in [5, 5.41) is 4.97. The lowest BCUT2D eigenvalue weighted by Crippen LogP contribution is -2.32. The van der Waals surface area contributed by atoms with Gasteiger partial charge in [0.25, 0.3) is 0 Å². The molecular formula is C16H18FN3O3. The van der Waals surface area contributed by atoms with Crippen molar-refractivity contribution >= 4 is 29.1 Å². The van der Waals surface area contributed by atoms with E-state index in [1.165, 1.54) is 12.1 Å². The molecule has 2 rings (SSSR count). The third-order valence-corrected chi connectivity index (χ3v) is 3.75. The maximum atomic E-state index is 13.6. The summed E-state index contributed by atoms with van der Waals surface area (Å²) in [6.07, 6.45) is 2.29. The number of nitrogens with zero attached hydrogens (tertiary/aromatic N) is 1. The van der Waals surface area contributed by atoms with Crippen molar-refractivity contribution in [2.75, 3.05) is 17.7 Å². The summed E-state index contributed by atoms with van der Waals surface area (Å²) in [6, 6.07) is 3.76. The molecule has 23 heavy (non-hydrogen) atoms. The first kappa shape index (κ1) is 16.7. The third kappa shape index (κ3) is 4.15. The van der Waals surface area contributed by atoms with Crippen LogP contribution in [0.3, 0.4) is 0 Å². The Bertz CT molecular complexity index is 660. The Morgan fingerprint density at radius 2 is 2.17 bits per heavy atom. The normalized spacial score (nSPS) is 17.0. The Morgan fingerprint density at radius 3 is 2.78 bits per heavy atom. The van der Waals surface area contributed by atoms with Crippen molar-refractivity contribution in [3.63, 3.8) is 0 Å². The van der Waals surface area contributed by atoms with E-state index in [1.54, 1.807) is 11.9 Å². The van der Waals surface area contributed by atoms with Gasteiger partial charge in [-0.15, -0.1) is 0 Å². The molecule has 0 spiro atoms. The Kier molecular flexibility index (Phi) is 5.10. The number of anilines is 2. The van der Waals surface area contributed by atoms with Gasteiger partial charge in [-0.05, 0) is 30.7 Å². The van der Waals surface area contributed by atoms with Crippen LogP contribution < -0.4 is 10.6 Å². The van der Waals surface area contributed by atoms with E-state index >= 15 is 0 Å². The number of hydrogen-bond acceptors (Lipinski definition) is 3. The van der Waals surface area contributed by atoms with Crippen molar-refractivity contribution in [3.05, 3.63) is 36.7 Å².